The van der Waals surface area contributed by atoms with Gasteiger partial charge in [0.15, 0.2) is 0 Å². The van der Waals surface area contributed by atoms with Gasteiger partial charge in [-0.2, -0.15) is 5.10 Å². The van der Waals surface area contributed by atoms with E-state index in [0.717, 1.165) is 22.6 Å². The van der Waals surface area contributed by atoms with Crippen molar-refractivity contribution in [1.29, 1.82) is 0 Å². The zero-order valence-corrected chi connectivity index (χ0v) is 9.52. The summed E-state index contributed by atoms with van der Waals surface area (Å²) in [5, 5.41) is 4.35. The number of hydrogen-bond acceptors (Lipinski definition) is 5. The minimum atomic E-state index is 0.403. The van der Waals surface area contributed by atoms with Crippen molar-refractivity contribution in [3.63, 3.8) is 0 Å². The molecule has 6 heteroatoms. The van der Waals surface area contributed by atoms with Crippen molar-refractivity contribution in [1.82, 2.24) is 19.7 Å². The van der Waals surface area contributed by atoms with Crippen molar-refractivity contribution < 1.29 is 0 Å². The summed E-state index contributed by atoms with van der Waals surface area (Å²) in [5.74, 6) is 5.69. The summed E-state index contributed by atoms with van der Waals surface area (Å²) in [6.45, 7) is 3.97. The molecule has 2 heterocycles. The van der Waals surface area contributed by atoms with Crippen LogP contribution in [0.2, 0.25) is 0 Å². The van der Waals surface area contributed by atoms with Gasteiger partial charge in [-0.05, 0) is 19.9 Å². The first-order chi connectivity index (χ1) is 7.63. The van der Waals surface area contributed by atoms with E-state index >= 15 is 0 Å². The summed E-state index contributed by atoms with van der Waals surface area (Å²) in [7, 11) is 1.91. The van der Waals surface area contributed by atoms with Gasteiger partial charge < -0.3 is 0 Å². The van der Waals surface area contributed by atoms with Gasteiger partial charge in [-0.3, -0.25) is 10.1 Å². The Kier molecular flexibility index (Phi) is 2.57. The fraction of sp³-hybridized carbons (Fsp3) is 0.300. The van der Waals surface area contributed by atoms with Gasteiger partial charge >= 0.3 is 0 Å². The van der Waals surface area contributed by atoms with Gasteiger partial charge in [-0.1, -0.05) is 0 Å². The number of aromatic nitrogens is 4. The second-order valence-electron chi connectivity index (χ2n) is 3.58. The minimum Gasteiger partial charge on any atom is -0.292 e. The number of nitrogens with one attached hydrogen (secondary N) is 1. The molecule has 0 aromatic carbocycles. The fourth-order valence-corrected chi connectivity index (χ4v) is 1.71. The zero-order valence-electron chi connectivity index (χ0n) is 9.52. The third kappa shape index (κ3) is 1.63. The van der Waals surface area contributed by atoms with Crippen LogP contribution < -0.4 is 11.3 Å². The van der Waals surface area contributed by atoms with Crippen LogP contribution in [0.1, 0.15) is 11.4 Å². The third-order valence-corrected chi connectivity index (χ3v) is 2.55. The predicted molar refractivity (Wildman–Crippen MR) is 61.5 cm³/mol. The molecule has 0 unspecified atom stereocenters. The number of rotatable bonds is 2. The number of anilines is 1. The van der Waals surface area contributed by atoms with Crippen molar-refractivity contribution in [2.24, 2.45) is 12.9 Å². The molecule has 0 amide bonds. The number of hydrogen-bond donors (Lipinski definition) is 2. The minimum absolute atomic E-state index is 0.403. The molecule has 0 radical (unpaired) electrons. The Hall–Kier alpha value is -1.95. The molecule has 0 aliphatic heterocycles. The first-order valence-corrected chi connectivity index (χ1v) is 4.93. The van der Waals surface area contributed by atoms with Crippen LogP contribution in [0.25, 0.3) is 11.3 Å². The quantitative estimate of drug-likeness (QED) is 0.575. The molecular weight excluding hydrogens is 204 g/mol. The highest BCUT2D eigenvalue weighted by Gasteiger charge is 2.13. The van der Waals surface area contributed by atoms with Crippen LogP contribution >= 0.6 is 0 Å². The van der Waals surface area contributed by atoms with Crippen molar-refractivity contribution >= 4 is 5.95 Å². The molecule has 6 nitrogen and oxygen atoms in total. The number of hydrazine groups is 1. The highest BCUT2D eigenvalue weighted by molar-refractivity contribution is 5.65. The first-order valence-electron chi connectivity index (χ1n) is 4.93. The largest absolute Gasteiger partial charge is 0.292 e. The normalized spacial score (nSPS) is 10.5. The van der Waals surface area contributed by atoms with Gasteiger partial charge in [-0.15, -0.1) is 0 Å². The second kappa shape index (κ2) is 3.90. The smallest absolute Gasteiger partial charge is 0.237 e. The van der Waals surface area contributed by atoms with Crippen molar-refractivity contribution in [3.05, 3.63) is 23.7 Å². The molecule has 0 fully saturated rings. The van der Waals surface area contributed by atoms with E-state index in [9.17, 15) is 0 Å². The van der Waals surface area contributed by atoms with Crippen LogP contribution in [0, 0.1) is 13.8 Å². The molecule has 0 aliphatic carbocycles. The SMILES string of the molecule is Cc1nn(C)c(C)c1-c1ccnc(NN)n1. The molecule has 2 aromatic rings. The first kappa shape index (κ1) is 10.6. The molecule has 0 bridgehead atoms. The molecular formula is C10H14N6. The molecule has 2 aromatic heterocycles. The number of nitrogens with zero attached hydrogens (tertiary/aromatic N) is 4. The van der Waals surface area contributed by atoms with Crippen molar-refractivity contribution in [2.75, 3.05) is 5.43 Å². The zero-order chi connectivity index (χ0) is 11.7. The lowest BCUT2D eigenvalue weighted by atomic mass is 10.1. The molecule has 0 saturated heterocycles. The van der Waals surface area contributed by atoms with Crippen LogP contribution in [0.15, 0.2) is 12.3 Å². The number of nitrogens with two attached hydrogens (primary N) is 1. The van der Waals surface area contributed by atoms with Gasteiger partial charge in [0.05, 0.1) is 11.4 Å². The van der Waals surface area contributed by atoms with Gasteiger partial charge in [0.2, 0.25) is 5.95 Å². The van der Waals surface area contributed by atoms with Crippen molar-refractivity contribution in [2.45, 2.75) is 13.8 Å². The summed E-state index contributed by atoms with van der Waals surface area (Å²) >= 11 is 0. The summed E-state index contributed by atoms with van der Waals surface area (Å²) < 4.78 is 1.84. The molecule has 0 saturated carbocycles. The van der Waals surface area contributed by atoms with Gasteiger partial charge in [0, 0.05) is 24.5 Å². The summed E-state index contributed by atoms with van der Waals surface area (Å²) in [6.07, 6.45) is 1.67. The van der Waals surface area contributed by atoms with Crippen LogP contribution in [-0.2, 0) is 7.05 Å². The van der Waals surface area contributed by atoms with Gasteiger partial charge in [0.1, 0.15) is 0 Å². The van der Waals surface area contributed by atoms with Crippen LogP contribution in [-0.4, -0.2) is 19.7 Å². The Morgan fingerprint density at radius 3 is 2.69 bits per heavy atom. The molecule has 3 N–H and O–H groups in total. The third-order valence-electron chi connectivity index (χ3n) is 2.55. The Labute approximate surface area is 93.5 Å². The predicted octanol–water partition coefficient (Wildman–Crippen LogP) is 0.780. The average Bonchev–Trinajstić information content (AvgIpc) is 2.53. The lowest BCUT2D eigenvalue weighted by Crippen LogP contribution is -2.10. The van der Waals surface area contributed by atoms with Crippen LogP contribution in [0.4, 0.5) is 5.95 Å². The molecule has 0 spiro atoms. The van der Waals surface area contributed by atoms with E-state index in [4.69, 9.17) is 5.84 Å². The highest BCUT2D eigenvalue weighted by Crippen LogP contribution is 2.24. The maximum atomic E-state index is 5.28. The van der Waals surface area contributed by atoms with E-state index in [2.05, 4.69) is 20.5 Å². The number of aryl methyl sites for hydroxylation is 2. The topological polar surface area (TPSA) is 81.7 Å². The van der Waals surface area contributed by atoms with Gasteiger partial charge in [-0.25, -0.2) is 15.8 Å². The monoisotopic (exact) mass is 218 g/mol. The maximum absolute atomic E-state index is 5.28. The Morgan fingerprint density at radius 1 is 1.38 bits per heavy atom. The fourth-order valence-electron chi connectivity index (χ4n) is 1.71. The Morgan fingerprint density at radius 2 is 2.12 bits per heavy atom. The Balaban J connectivity index is 2.58. The molecule has 0 aliphatic rings. The molecule has 2 rings (SSSR count). The van der Waals surface area contributed by atoms with Crippen molar-refractivity contribution in [3.8, 4) is 11.3 Å². The lowest BCUT2D eigenvalue weighted by molar-refractivity contribution is 0.731. The highest BCUT2D eigenvalue weighted by atomic mass is 15.3. The van der Waals surface area contributed by atoms with E-state index in [1.165, 1.54) is 0 Å². The van der Waals surface area contributed by atoms with Crippen LogP contribution in [0.3, 0.4) is 0 Å². The van der Waals surface area contributed by atoms with E-state index < -0.39 is 0 Å². The molecule has 84 valence electrons. The molecule has 16 heavy (non-hydrogen) atoms. The average molecular weight is 218 g/mol. The van der Waals surface area contributed by atoms with Crippen LogP contribution in [0.5, 0.6) is 0 Å². The summed E-state index contributed by atoms with van der Waals surface area (Å²) in [6, 6.07) is 1.85. The van der Waals surface area contributed by atoms with E-state index in [-0.39, 0.29) is 0 Å². The standard InChI is InChI=1S/C10H14N6/c1-6-9(7(2)16(3)15-6)8-4-5-12-10(13-8)14-11/h4-5H,11H2,1-3H3,(H,12,13,14). The van der Waals surface area contributed by atoms with E-state index in [0.29, 0.717) is 5.95 Å². The lowest BCUT2D eigenvalue weighted by Gasteiger charge is -2.03. The maximum Gasteiger partial charge on any atom is 0.237 e. The van der Waals surface area contributed by atoms with E-state index in [1.807, 2.05) is 31.6 Å². The Bertz CT molecular complexity index is 516. The van der Waals surface area contributed by atoms with Gasteiger partial charge in [0.25, 0.3) is 0 Å². The number of nitrogen functional groups attached to an aromatic ring is 1. The summed E-state index contributed by atoms with van der Waals surface area (Å²) in [5.41, 5.74) is 6.30. The molecule has 0 atom stereocenters. The summed E-state index contributed by atoms with van der Waals surface area (Å²) in [4.78, 5) is 8.27. The van der Waals surface area contributed by atoms with E-state index in [1.54, 1.807) is 6.20 Å². The second-order valence-corrected chi connectivity index (χ2v) is 3.58.